The molecule has 0 radical (unpaired) electrons. The second kappa shape index (κ2) is 10.7. The van der Waals surface area contributed by atoms with Crippen LogP contribution in [-0.2, 0) is 6.18 Å². The van der Waals surface area contributed by atoms with Gasteiger partial charge in [0.2, 0.25) is 0 Å². The normalized spacial score (nSPS) is 17.4. The van der Waals surface area contributed by atoms with E-state index in [0.717, 1.165) is 12.3 Å². The van der Waals surface area contributed by atoms with Gasteiger partial charge in [-0.25, -0.2) is 9.97 Å². The number of carbonyl (C=O) groups excluding carboxylic acids is 2. The second-order valence-corrected chi connectivity index (χ2v) is 10.9. The maximum absolute atomic E-state index is 14.1. The molecule has 38 heavy (non-hydrogen) atoms. The summed E-state index contributed by atoms with van der Waals surface area (Å²) in [6.07, 6.45) is -10.5. The number of halogens is 6. The summed E-state index contributed by atoms with van der Waals surface area (Å²) in [7, 11) is 0. The van der Waals surface area contributed by atoms with E-state index in [1.165, 1.54) is 4.90 Å². The highest BCUT2D eigenvalue weighted by atomic mass is 32.1. The fourth-order valence-electron chi connectivity index (χ4n) is 3.82. The first-order chi connectivity index (χ1) is 17.4. The van der Waals surface area contributed by atoms with Gasteiger partial charge in [0.1, 0.15) is 11.5 Å². The number of pyridine rings is 1. The van der Waals surface area contributed by atoms with E-state index in [1.54, 1.807) is 27.7 Å². The van der Waals surface area contributed by atoms with Crippen molar-refractivity contribution in [2.45, 2.75) is 70.6 Å². The van der Waals surface area contributed by atoms with Crippen molar-refractivity contribution in [3.8, 4) is 10.4 Å². The smallest absolute Gasteiger partial charge is 0.382 e. The highest BCUT2D eigenvalue weighted by Crippen LogP contribution is 2.42. The third-order valence-corrected chi connectivity index (χ3v) is 6.72. The lowest BCUT2D eigenvalue weighted by Crippen LogP contribution is -2.40. The van der Waals surface area contributed by atoms with Gasteiger partial charge in [-0.2, -0.15) is 26.3 Å². The zero-order chi connectivity index (χ0) is 28.6. The molecule has 2 aromatic heterocycles. The first-order valence-corrected chi connectivity index (χ1v) is 12.4. The molecule has 1 aliphatic heterocycles. The number of aliphatic hydroxyl groups excluding tert-OH is 1. The van der Waals surface area contributed by atoms with Gasteiger partial charge in [0.15, 0.2) is 11.1 Å². The SMILES string of the molecule is CC1CCCN1C(=O)c1nc(C(=O)NCC(O)C(F)(F)F)sc1-c1cnc(NC(C)(C)C)cc1C(F)(F)F. The molecule has 2 atom stereocenters. The molecule has 0 saturated carbocycles. The first-order valence-electron chi connectivity index (χ1n) is 11.6. The Morgan fingerprint density at radius 3 is 2.39 bits per heavy atom. The maximum Gasteiger partial charge on any atom is 0.417 e. The van der Waals surface area contributed by atoms with Crippen LogP contribution in [0, 0.1) is 0 Å². The largest absolute Gasteiger partial charge is 0.417 e. The lowest BCUT2D eigenvalue weighted by atomic mass is 10.1. The number of aliphatic hydroxyl groups is 1. The average Bonchev–Trinajstić information content (AvgIpc) is 3.41. The third kappa shape index (κ3) is 6.92. The third-order valence-electron chi connectivity index (χ3n) is 5.63. The molecular formula is C23H27F6N5O3S. The number of hydrogen-bond acceptors (Lipinski definition) is 7. The van der Waals surface area contributed by atoms with Crippen LogP contribution < -0.4 is 10.6 Å². The molecule has 1 fully saturated rings. The Balaban J connectivity index is 2.10. The van der Waals surface area contributed by atoms with Gasteiger partial charge in [-0.3, -0.25) is 9.59 Å². The van der Waals surface area contributed by atoms with Gasteiger partial charge in [-0.15, -0.1) is 11.3 Å². The van der Waals surface area contributed by atoms with E-state index in [0.29, 0.717) is 30.7 Å². The Bertz CT molecular complexity index is 1190. The second-order valence-electron chi connectivity index (χ2n) is 9.94. The zero-order valence-electron chi connectivity index (χ0n) is 20.9. The first kappa shape index (κ1) is 29.6. The van der Waals surface area contributed by atoms with Gasteiger partial charge < -0.3 is 20.6 Å². The molecule has 1 saturated heterocycles. The van der Waals surface area contributed by atoms with Crippen molar-refractivity contribution in [2.24, 2.45) is 0 Å². The summed E-state index contributed by atoms with van der Waals surface area (Å²) in [6.45, 7) is 6.08. The Kier molecular flexibility index (Phi) is 8.32. The van der Waals surface area contributed by atoms with Crippen LogP contribution in [0.5, 0.6) is 0 Å². The molecule has 210 valence electrons. The number of amides is 2. The fourth-order valence-corrected chi connectivity index (χ4v) is 4.82. The minimum absolute atomic E-state index is 0.0711. The molecule has 3 heterocycles. The Morgan fingerprint density at radius 1 is 1.21 bits per heavy atom. The average molecular weight is 568 g/mol. The van der Waals surface area contributed by atoms with E-state index in [1.807, 2.05) is 5.32 Å². The Hall–Kier alpha value is -2.94. The Morgan fingerprint density at radius 2 is 1.87 bits per heavy atom. The standard InChI is InChI=1S/C23H27F6N5O3S/c1-11-6-5-7-34(11)20(37)16-17(38-19(32-16)18(36)31-10-14(35)23(27,28)29)12-9-30-15(33-21(2,3)4)8-13(12)22(24,25)26/h8-9,11,14,35H,5-7,10H2,1-4H3,(H,30,33)(H,31,36). The minimum Gasteiger partial charge on any atom is -0.382 e. The molecule has 15 heteroatoms. The Labute approximate surface area is 218 Å². The number of aromatic nitrogens is 2. The monoisotopic (exact) mass is 567 g/mol. The van der Waals surface area contributed by atoms with Crippen molar-refractivity contribution in [1.29, 1.82) is 0 Å². The van der Waals surface area contributed by atoms with E-state index in [2.05, 4.69) is 15.3 Å². The number of alkyl halides is 6. The quantitative estimate of drug-likeness (QED) is 0.437. The number of likely N-dealkylation sites (tertiary alicyclic amines) is 1. The molecule has 0 aromatic carbocycles. The number of nitrogens with zero attached hydrogens (tertiary/aromatic N) is 3. The molecule has 0 aliphatic carbocycles. The number of hydrogen-bond donors (Lipinski definition) is 3. The summed E-state index contributed by atoms with van der Waals surface area (Å²) >= 11 is 0.424. The number of nitrogens with one attached hydrogen (secondary N) is 2. The maximum atomic E-state index is 14.1. The van der Waals surface area contributed by atoms with Gasteiger partial charge in [0.05, 0.1) is 17.0 Å². The summed E-state index contributed by atoms with van der Waals surface area (Å²) in [5, 5.41) is 13.3. The van der Waals surface area contributed by atoms with Gasteiger partial charge >= 0.3 is 12.4 Å². The highest BCUT2D eigenvalue weighted by molar-refractivity contribution is 7.17. The van der Waals surface area contributed by atoms with E-state index < -0.39 is 64.2 Å². The molecule has 8 nitrogen and oxygen atoms in total. The van der Waals surface area contributed by atoms with Gasteiger partial charge in [-0.05, 0) is 46.6 Å². The lowest BCUT2D eigenvalue weighted by molar-refractivity contribution is -0.201. The summed E-state index contributed by atoms with van der Waals surface area (Å²) in [4.78, 5) is 35.0. The van der Waals surface area contributed by atoms with E-state index in [-0.39, 0.29) is 16.7 Å². The molecule has 1 aliphatic rings. The van der Waals surface area contributed by atoms with E-state index >= 15 is 0 Å². The summed E-state index contributed by atoms with van der Waals surface area (Å²) in [5.74, 6) is -1.96. The van der Waals surface area contributed by atoms with Crippen LogP contribution in [-0.4, -0.2) is 68.7 Å². The van der Waals surface area contributed by atoms with Gasteiger partial charge in [0.25, 0.3) is 11.8 Å². The molecule has 3 rings (SSSR count). The summed E-state index contributed by atoms with van der Waals surface area (Å²) in [6, 6.07) is 0.557. The molecule has 2 amide bonds. The molecule has 0 spiro atoms. The van der Waals surface area contributed by atoms with Crippen molar-refractivity contribution in [2.75, 3.05) is 18.4 Å². The zero-order valence-corrected chi connectivity index (χ0v) is 21.7. The molecule has 3 N–H and O–H groups in total. The van der Waals surface area contributed by atoms with Crippen LogP contribution in [0.15, 0.2) is 12.3 Å². The lowest BCUT2D eigenvalue weighted by Gasteiger charge is -2.23. The molecule has 2 aromatic rings. The van der Waals surface area contributed by atoms with Crippen molar-refractivity contribution < 1.29 is 41.0 Å². The summed E-state index contributed by atoms with van der Waals surface area (Å²) in [5.41, 5.74) is -2.68. The molecule has 0 bridgehead atoms. The van der Waals surface area contributed by atoms with E-state index in [9.17, 15) is 35.9 Å². The van der Waals surface area contributed by atoms with Crippen LogP contribution in [0.3, 0.4) is 0 Å². The van der Waals surface area contributed by atoms with E-state index in [4.69, 9.17) is 5.11 Å². The minimum atomic E-state index is -5.00. The van der Waals surface area contributed by atoms with Crippen molar-refractivity contribution >= 4 is 29.0 Å². The molecular weight excluding hydrogens is 540 g/mol. The van der Waals surface area contributed by atoms with Crippen LogP contribution in [0.1, 0.15) is 66.4 Å². The van der Waals surface area contributed by atoms with Crippen molar-refractivity contribution in [3.05, 3.63) is 28.5 Å². The van der Waals surface area contributed by atoms with Gasteiger partial charge in [-0.1, -0.05) is 0 Å². The van der Waals surface area contributed by atoms with Gasteiger partial charge in [0, 0.05) is 29.9 Å². The number of rotatable bonds is 6. The number of anilines is 1. The predicted octanol–water partition coefficient (Wildman–Crippen LogP) is 4.71. The predicted molar refractivity (Wildman–Crippen MR) is 128 cm³/mol. The summed E-state index contributed by atoms with van der Waals surface area (Å²) < 4.78 is 80.3. The topological polar surface area (TPSA) is 107 Å². The van der Waals surface area contributed by atoms with Crippen molar-refractivity contribution in [3.63, 3.8) is 0 Å². The fraction of sp³-hybridized carbons (Fsp3) is 0.565. The van der Waals surface area contributed by atoms with Crippen LogP contribution in [0.25, 0.3) is 10.4 Å². The highest BCUT2D eigenvalue weighted by Gasteiger charge is 2.40. The number of thiazole rings is 1. The molecule has 2 unspecified atom stereocenters. The number of carbonyl (C=O) groups is 2. The van der Waals surface area contributed by atoms with Crippen LogP contribution in [0.2, 0.25) is 0 Å². The van der Waals surface area contributed by atoms with Crippen LogP contribution in [0.4, 0.5) is 32.2 Å². The van der Waals surface area contributed by atoms with Crippen LogP contribution >= 0.6 is 11.3 Å². The van der Waals surface area contributed by atoms with Crippen molar-refractivity contribution in [1.82, 2.24) is 20.2 Å².